The minimum absolute atomic E-state index is 0.0891. The number of carbonyl (C=O) groups excluding carboxylic acids is 1. The average Bonchev–Trinajstić information content (AvgIpc) is 2.72. The molecule has 1 aliphatic rings. The molecular weight excluding hydrogens is 312 g/mol. The monoisotopic (exact) mass is 325 g/mol. The highest BCUT2D eigenvalue weighted by Crippen LogP contribution is 2.43. The molecule has 0 aromatic heterocycles. The van der Waals surface area contributed by atoms with Gasteiger partial charge >= 0.3 is 18.3 Å². The number of benzene rings is 1. The zero-order valence-corrected chi connectivity index (χ0v) is 11.6. The second-order valence-corrected chi connectivity index (χ2v) is 5.18. The summed E-state index contributed by atoms with van der Waals surface area (Å²) in [6, 6.07) is 4.26. The lowest BCUT2D eigenvalue weighted by atomic mass is 9.95. The molecule has 2 rings (SSSR count). The van der Waals surface area contributed by atoms with Gasteiger partial charge in [0, 0.05) is 18.2 Å². The van der Waals surface area contributed by atoms with Gasteiger partial charge in [0.05, 0.1) is 6.42 Å². The van der Waals surface area contributed by atoms with Crippen LogP contribution in [0.4, 0.5) is 32.0 Å². The van der Waals surface area contributed by atoms with Crippen molar-refractivity contribution in [1.82, 2.24) is 0 Å². The fourth-order valence-electron chi connectivity index (χ4n) is 2.61. The fourth-order valence-corrected chi connectivity index (χ4v) is 2.61. The summed E-state index contributed by atoms with van der Waals surface area (Å²) in [4.78, 5) is 11.8. The number of fused-ring (bicyclic) bond motifs is 1. The summed E-state index contributed by atoms with van der Waals surface area (Å²) in [5.41, 5.74) is 0.773. The van der Waals surface area contributed by atoms with Crippen molar-refractivity contribution in [2.45, 2.75) is 38.0 Å². The Labute approximate surface area is 122 Å². The summed E-state index contributed by atoms with van der Waals surface area (Å²) in [6.45, 7) is 1.18. The van der Waals surface area contributed by atoms with Gasteiger partial charge in [-0.05, 0) is 23.6 Å². The number of amides is 1. The van der Waals surface area contributed by atoms with Crippen molar-refractivity contribution in [2.75, 3.05) is 11.4 Å². The van der Waals surface area contributed by atoms with E-state index in [9.17, 15) is 31.1 Å². The predicted octanol–water partition coefficient (Wildman–Crippen LogP) is 4.19. The molecule has 22 heavy (non-hydrogen) atoms. The van der Waals surface area contributed by atoms with Crippen LogP contribution in [0.3, 0.4) is 0 Å². The number of carbonyl (C=O) groups is 1. The summed E-state index contributed by atoms with van der Waals surface area (Å²) >= 11 is 0. The van der Waals surface area contributed by atoms with E-state index in [1.165, 1.54) is 18.2 Å². The number of hydrogen-bond donors (Lipinski definition) is 0. The molecule has 2 nitrogen and oxygen atoms in total. The maximum absolute atomic E-state index is 12.6. The molecule has 0 saturated carbocycles. The molecule has 0 radical (unpaired) electrons. The Morgan fingerprint density at radius 3 is 2.36 bits per heavy atom. The second kappa shape index (κ2) is 5.48. The van der Waals surface area contributed by atoms with Crippen molar-refractivity contribution in [2.24, 2.45) is 0 Å². The van der Waals surface area contributed by atoms with Gasteiger partial charge in [0.15, 0.2) is 0 Å². The van der Waals surface area contributed by atoms with Crippen LogP contribution < -0.4 is 4.90 Å². The van der Waals surface area contributed by atoms with Crippen molar-refractivity contribution in [3.8, 4) is 0 Å². The summed E-state index contributed by atoms with van der Waals surface area (Å²) < 4.78 is 75.6. The van der Waals surface area contributed by atoms with Crippen LogP contribution in [-0.4, -0.2) is 24.8 Å². The minimum Gasteiger partial charge on any atom is -0.304 e. The molecule has 122 valence electrons. The lowest BCUT2D eigenvalue weighted by Crippen LogP contribution is -2.40. The van der Waals surface area contributed by atoms with Crippen molar-refractivity contribution in [1.29, 1.82) is 0 Å². The zero-order valence-electron chi connectivity index (χ0n) is 11.6. The van der Waals surface area contributed by atoms with Crippen LogP contribution in [0.2, 0.25) is 0 Å². The first-order valence-electron chi connectivity index (χ1n) is 6.61. The number of aryl methyl sites for hydroxylation is 1. The molecule has 1 aliphatic heterocycles. The van der Waals surface area contributed by atoms with Gasteiger partial charge in [-0.1, -0.05) is 19.1 Å². The van der Waals surface area contributed by atoms with Crippen molar-refractivity contribution in [3.63, 3.8) is 0 Å². The van der Waals surface area contributed by atoms with Crippen LogP contribution in [0.1, 0.15) is 30.4 Å². The Hall–Kier alpha value is -1.73. The lowest BCUT2D eigenvalue weighted by molar-refractivity contribution is -0.170. The number of rotatable bonds is 2. The summed E-state index contributed by atoms with van der Waals surface area (Å²) in [6.07, 6.45) is -10.3. The summed E-state index contributed by atoms with van der Waals surface area (Å²) in [5, 5.41) is 0. The van der Waals surface area contributed by atoms with Crippen LogP contribution in [-0.2, 0) is 11.2 Å². The van der Waals surface area contributed by atoms with Gasteiger partial charge in [0.2, 0.25) is 0 Å². The quantitative estimate of drug-likeness (QED) is 0.747. The average molecular weight is 325 g/mol. The lowest BCUT2D eigenvalue weighted by Gasteiger charge is -2.19. The van der Waals surface area contributed by atoms with E-state index in [1.807, 2.05) is 0 Å². The van der Waals surface area contributed by atoms with Gasteiger partial charge in [-0.25, -0.2) is 0 Å². The van der Waals surface area contributed by atoms with Crippen LogP contribution in [0.25, 0.3) is 0 Å². The molecule has 0 saturated heterocycles. The van der Waals surface area contributed by atoms with E-state index in [-0.39, 0.29) is 11.3 Å². The molecule has 1 aromatic rings. The van der Waals surface area contributed by atoms with Gasteiger partial charge < -0.3 is 4.90 Å². The molecule has 0 bridgehead atoms. The van der Waals surface area contributed by atoms with E-state index in [2.05, 4.69) is 0 Å². The molecular formula is C14H13F6NO. The van der Waals surface area contributed by atoms with Gasteiger partial charge in [-0.15, -0.1) is 0 Å². The number of hydrogen-bond acceptors (Lipinski definition) is 1. The zero-order chi connectivity index (χ0) is 16.7. The molecule has 0 aliphatic carbocycles. The third-order valence-electron chi connectivity index (χ3n) is 3.60. The van der Waals surface area contributed by atoms with Gasteiger partial charge in [0.25, 0.3) is 0 Å². The van der Waals surface area contributed by atoms with Crippen molar-refractivity contribution < 1.29 is 31.1 Å². The number of alkyl halides is 6. The van der Waals surface area contributed by atoms with Gasteiger partial charge in [-0.3, -0.25) is 4.79 Å². The largest absolute Gasteiger partial charge is 0.471 e. The molecule has 0 unspecified atom stereocenters. The number of halogens is 6. The smallest absolute Gasteiger partial charge is 0.304 e. The SMILES string of the molecule is CCc1ccc2c(c1)[C@@H](CC(F)(F)F)CN2C(=O)C(F)(F)F. The first-order valence-corrected chi connectivity index (χ1v) is 6.61. The molecule has 1 amide bonds. The van der Waals surface area contributed by atoms with E-state index in [4.69, 9.17) is 0 Å². The standard InChI is InChI=1S/C14H13F6NO/c1-2-8-3-4-11-10(5-8)9(6-13(15,16)17)7-21(11)12(22)14(18,19)20/h3-5,9H,2,6-7H2,1H3/t9-/m0/s1. The van der Waals surface area contributed by atoms with Crippen LogP contribution in [0.15, 0.2) is 18.2 Å². The Morgan fingerprint density at radius 2 is 1.86 bits per heavy atom. The molecule has 0 N–H and O–H groups in total. The van der Waals surface area contributed by atoms with Crippen LogP contribution in [0.5, 0.6) is 0 Å². The second-order valence-electron chi connectivity index (χ2n) is 5.18. The molecule has 1 heterocycles. The molecule has 8 heteroatoms. The highest BCUT2D eigenvalue weighted by Gasteiger charge is 2.48. The molecule has 0 fully saturated rings. The predicted molar refractivity (Wildman–Crippen MR) is 67.6 cm³/mol. The van der Waals surface area contributed by atoms with E-state index in [1.54, 1.807) is 6.92 Å². The highest BCUT2D eigenvalue weighted by molar-refractivity contribution is 5.99. The van der Waals surface area contributed by atoms with Gasteiger partial charge in [0.1, 0.15) is 0 Å². The molecule has 1 atom stereocenters. The van der Waals surface area contributed by atoms with Crippen LogP contribution in [0, 0.1) is 0 Å². The normalized spacial score (nSPS) is 18.5. The maximum Gasteiger partial charge on any atom is 0.471 e. The Kier molecular flexibility index (Phi) is 4.14. The third-order valence-corrected chi connectivity index (χ3v) is 3.60. The first-order chi connectivity index (χ1) is 10.0. The van der Waals surface area contributed by atoms with Crippen molar-refractivity contribution >= 4 is 11.6 Å². The maximum atomic E-state index is 12.6. The van der Waals surface area contributed by atoms with Crippen molar-refractivity contribution in [3.05, 3.63) is 29.3 Å². The third kappa shape index (κ3) is 3.36. The van der Waals surface area contributed by atoms with E-state index < -0.39 is 37.1 Å². The Morgan fingerprint density at radius 1 is 1.23 bits per heavy atom. The van der Waals surface area contributed by atoms with E-state index in [0.717, 1.165) is 0 Å². The minimum atomic E-state index is -5.12. The summed E-state index contributed by atoms with van der Waals surface area (Å²) in [5.74, 6) is -3.31. The summed E-state index contributed by atoms with van der Waals surface area (Å²) in [7, 11) is 0. The van der Waals surface area contributed by atoms with Crippen LogP contribution >= 0.6 is 0 Å². The highest BCUT2D eigenvalue weighted by atomic mass is 19.4. The van der Waals surface area contributed by atoms with Gasteiger partial charge in [-0.2, -0.15) is 26.3 Å². The first kappa shape index (κ1) is 16.6. The van der Waals surface area contributed by atoms with E-state index in [0.29, 0.717) is 16.9 Å². The Bertz CT molecular complexity index is 578. The molecule has 1 aromatic carbocycles. The topological polar surface area (TPSA) is 20.3 Å². The Balaban J connectivity index is 2.42. The number of anilines is 1. The molecule has 0 spiro atoms. The van der Waals surface area contributed by atoms with E-state index >= 15 is 0 Å². The fraction of sp³-hybridized carbons (Fsp3) is 0.500. The number of nitrogens with zero attached hydrogens (tertiary/aromatic N) is 1.